The van der Waals surface area contributed by atoms with Gasteiger partial charge in [0, 0.05) is 19.0 Å². The Balaban J connectivity index is 1.63. The zero-order valence-corrected chi connectivity index (χ0v) is 11.7. The molecule has 2 nitrogen and oxygen atoms in total. The van der Waals surface area contributed by atoms with E-state index in [1.807, 2.05) is 4.90 Å². The normalized spacial score (nSPS) is 25.8. The lowest BCUT2D eigenvalue weighted by molar-refractivity contribution is -0.137. The lowest BCUT2D eigenvalue weighted by Gasteiger charge is -2.27. The van der Waals surface area contributed by atoms with Crippen molar-refractivity contribution in [3.63, 3.8) is 0 Å². The first kappa shape index (κ1) is 14.4. The molecule has 1 saturated heterocycles. The smallest absolute Gasteiger partial charge is 0.342 e. The standard InChI is InChI=1S/C16H18F3NO/c17-16(18,19)12-6-4-11(5-7-12)13-10-14(13)15(21)20-8-2-1-3-9-20/h4-7,13-14H,1-3,8-10H2/t13-,14?/m0/s1. The summed E-state index contributed by atoms with van der Waals surface area (Å²) < 4.78 is 37.6. The van der Waals surface area contributed by atoms with Crippen LogP contribution in [0, 0.1) is 5.92 Å². The van der Waals surface area contributed by atoms with Gasteiger partial charge in [-0.1, -0.05) is 12.1 Å². The van der Waals surface area contributed by atoms with E-state index in [2.05, 4.69) is 0 Å². The number of amides is 1. The molecular formula is C16H18F3NO. The van der Waals surface area contributed by atoms with Crippen LogP contribution in [0.2, 0.25) is 0 Å². The van der Waals surface area contributed by atoms with Crippen molar-refractivity contribution in [2.24, 2.45) is 5.92 Å². The molecule has 1 saturated carbocycles. The molecule has 21 heavy (non-hydrogen) atoms. The second kappa shape index (κ2) is 5.35. The fourth-order valence-electron chi connectivity index (χ4n) is 3.10. The van der Waals surface area contributed by atoms with Gasteiger partial charge in [0.1, 0.15) is 0 Å². The first-order valence-electron chi connectivity index (χ1n) is 7.43. The molecule has 1 aromatic carbocycles. The zero-order chi connectivity index (χ0) is 15.0. The van der Waals surface area contributed by atoms with Crippen molar-refractivity contribution in [1.82, 2.24) is 4.90 Å². The van der Waals surface area contributed by atoms with Gasteiger partial charge in [-0.05, 0) is 49.3 Å². The van der Waals surface area contributed by atoms with Crippen molar-refractivity contribution in [2.75, 3.05) is 13.1 Å². The minimum Gasteiger partial charge on any atom is -0.342 e. The molecule has 1 heterocycles. The number of piperidine rings is 1. The van der Waals surface area contributed by atoms with Gasteiger partial charge >= 0.3 is 6.18 Å². The Labute approximate surface area is 121 Å². The molecular weight excluding hydrogens is 279 g/mol. The molecule has 2 atom stereocenters. The number of benzene rings is 1. The number of carbonyl (C=O) groups is 1. The van der Waals surface area contributed by atoms with Crippen molar-refractivity contribution in [2.45, 2.75) is 37.8 Å². The summed E-state index contributed by atoms with van der Waals surface area (Å²) in [5.74, 6) is 0.251. The topological polar surface area (TPSA) is 20.3 Å². The molecule has 1 aromatic rings. The number of hydrogen-bond donors (Lipinski definition) is 0. The second-order valence-electron chi connectivity index (χ2n) is 5.95. The van der Waals surface area contributed by atoms with Crippen LogP contribution < -0.4 is 0 Å². The molecule has 1 unspecified atom stereocenters. The predicted molar refractivity (Wildman–Crippen MR) is 72.7 cm³/mol. The van der Waals surface area contributed by atoms with Crippen LogP contribution >= 0.6 is 0 Å². The lowest BCUT2D eigenvalue weighted by atomic mass is 10.1. The van der Waals surface area contributed by atoms with E-state index in [9.17, 15) is 18.0 Å². The quantitative estimate of drug-likeness (QED) is 0.812. The second-order valence-corrected chi connectivity index (χ2v) is 5.95. The van der Waals surface area contributed by atoms with Crippen LogP contribution in [0.4, 0.5) is 13.2 Å². The highest BCUT2D eigenvalue weighted by Crippen LogP contribution is 2.49. The van der Waals surface area contributed by atoms with Crippen LogP contribution in [-0.4, -0.2) is 23.9 Å². The van der Waals surface area contributed by atoms with Crippen molar-refractivity contribution >= 4 is 5.91 Å². The van der Waals surface area contributed by atoms with E-state index in [1.54, 1.807) is 0 Å². The average molecular weight is 297 g/mol. The van der Waals surface area contributed by atoms with E-state index in [-0.39, 0.29) is 17.7 Å². The number of nitrogens with zero attached hydrogens (tertiary/aromatic N) is 1. The number of likely N-dealkylation sites (tertiary alicyclic amines) is 1. The number of carbonyl (C=O) groups excluding carboxylic acids is 1. The van der Waals surface area contributed by atoms with Crippen LogP contribution in [0.15, 0.2) is 24.3 Å². The van der Waals surface area contributed by atoms with Crippen LogP contribution in [0.25, 0.3) is 0 Å². The average Bonchev–Trinajstić information content (AvgIpc) is 3.27. The van der Waals surface area contributed by atoms with Gasteiger partial charge in [0.25, 0.3) is 0 Å². The first-order valence-corrected chi connectivity index (χ1v) is 7.43. The van der Waals surface area contributed by atoms with Gasteiger partial charge in [0.15, 0.2) is 0 Å². The lowest BCUT2D eigenvalue weighted by Crippen LogP contribution is -2.36. The monoisotopic (exact) mass is 297 g/mol. The highest BCUT2D eigenvalue weighted by Gasteiger charge is 2.46. The maximum atomic E-state index is 12.5. The summed E-state index contributed by atoms with van der Waals surface area (Å²) in [6, 6.07) is 5.24. The van der Waals surface area contributed by atoms with Crippen LogP contribution in [0.5, 0.6) is 0 Å². The summed E-state index contributed by atoms with van der Waals surface area (Å²) in [7, 11) is 0. The van der Waals surface area contributed by atoms with E-state index >= 15 is 0 Å². The Morgan fingerprint density at radius 2 is 1.67 bits per heavy atom. The SMILES string of the molecule is O=C(C1C[C@H]1c1ccc(C(F)(F)F)cc1)N1CCCCC1. The number of alkyl halides is 3. The number of hydrogen-bond acceptors (Lipinski definition) is 1. The Morgan fingerprint density at radius 3 is 2.24 bits per heavy atom. The minimum atomic E-state index is -4.30. The van der Waals surface area contributed by atoms with Crippen molar-refractivity contribution in [3.8, 4) is 0 Å². The molecule has 0 radical (unpaired) electrons. The third-order valence-electron chi connectivity index (χ3n) is 4.44. The van der Waals surface area contributed by atoms with Crippen LogP contribution in [0.3, 0.4) is 0 Å². The predicted octanol–water partition coefficient (Wildman–Crippen LogP) is 3.82. The Bertz CT molecular complexity index is 517. The number of rotatable bonds is 2. The van der Waals surface area contributed by atoms with E-state index in [0.717, 1.165) is 50.0 Å². The summed E-state index contributed by atoms with van der Waals surface area (Å²) in [6.45, 7) is 1.66. The van der Waals surface area contributed by atoms with E-state index in [1.165, 1.54) is 18.6 Å². The molecule has 1 aliphatic carbocycles. The van der Waals surface area contributed by atoms with Gasteiger partial charge in [-0.2, -0.15) is 13.2 Å². The Morgan fingerprint density at radius 1 is 1.05 bits per heavy atom. The van der Waals surface area contributed by atoms with Gasteiger partial charge in [-0.3, -0.25) is 4.79 Å². The third kappa shape index (κ3) is 3.06. The largest absolute Gasteiger partial charge is 0.416 e. The van der Waals surface area contributed by atoms with Crippen molar-refractivity contribution in [1.29, 1.82) is 0 Å². The van der Waals surface area contributed by atoms with E-state index in [4.69, 9.17) is 0 Å². The van der Waals surface area contributed by atoms with Gasteiger partial charge in [-0.25, -0.2) is 0 Å². The number of halogens is 3. The third-order valence-corrected chi connectivity index (χ3v) is 4.44. The maximum absolute atomic E-state index is 12.5. The maximum Gasteiger partial charge on any atom is 0.416 e. The molecule has 2 aliphatic rings. The molecule has 1 amide bonds. The fourth-order valence-corrected chi connectivity index (χ4v) is 3.10. The Kier molecular flexibility index (Phi) is 3.68. The van der Waals surface area contributed by atoms with Gasteiger partial charge in [0.05, 0.1) is 5.56 Å². The zero-order valence-electron chi connectivity index (χ0n) is 11.7. The summed E-state index contributed by atoms with van der Waals surface area (Å²) in [5.41, 5.74) is 0.212. The summed E-state index contributed by atoms with van der Waals surface area (Å²) in [4.78, 5) is 14.2. The molecule has 3 rings (SSSR count). The minimum absolute atomic E-state index is 0.0279. The highest BCUT2D eigenvalue weighted by atomic mass is 19.4. The molecule has 0 aromatic heterocycles. The molecule has 5 heteroatoms. The van der Waals surface area contributed by atoms with E-state index in [0.29, 0.717) is 0 Å². The van der Waals surface area contributed by atoms with Gasteiger partial charge in [-0.15, -0.1) is 0 Å². The molecule has 0 N–H and O–H groups in total. The molecule has 2 fully saturated rings. The van der Waals surface area contributed by atoms with Crippen LogP contribution in [-0.2, 0) is 11.0 Å². The van der Waals surface area contributed by atoms with Crippen molar-refractivity contribution < 1.29 is 18.0 Å². The summed E-state index contributed by atoms with van der Waals surface area (Å²) in [6.07, 6.45) is -0.241. The van der Waals surface area contributed by atoms with Crippen molar-refractivity contribution in [3.05, 3.63) is 35.4 Å². The Hall–Kier alpha value is -1.52. The molecule has 114 valence electrons. The molecule has 1 aliphatic heterocycles. The first-order chi connectivity index (χ1) is 9.97. The van der Waals surface area contributed by atoms with E-state index < -0.39 is 11.7 Å². The van der Waals surface area contributed by atoms with Gasteiger partial charge in [0.2, 0.25) is 5.91 Å². The summed E-state index contributed by atoms with van der Waals surface area (Å²) >= 11 is 0. The summed E-state index contributed by atoms with van der Waals surface area (Å²) in [5, 5.41) is 0. The fraction of sp³-hybridized carbons (Fsp3) is 0.562. The molecule has 0 spiro atoms. The van der Waals surface area contributed by atoms with Crippen LogP contribution in [0.1, 0.15) is 42.7 Å². The molecule has 0 bridgehead atoms. The highest BCUT2D eigenvalue weighted by molar-refractivity contribution is 5.83. The van der Waals surface area contributed by atoms with Gasteiger partial charge < -0.3 is 4.90 Å².